The van der Waals surface area contributed by atoms with E-state index in [9.17, 15) is 9.18 Å². The van der Waals surface area contributed by atoms with Crippen LogP contribution in [0.25, 0.3) is 28.5 Å². The van der Waals surface area contributed by atoms with Crippen molar-refractivity contribution in [1.29, 1.82) is 0 Å². The lowest BCUT2D eigenvalue weighted by atomic mass is 9.90. The number of aromatic nitrogens is 5. The highest BCUT2D eigenvalue weighted by Crippen LogP contribution is 2.35. The highest BCUT2D eigenvalue weighted by atomic mass is 19.1. The molecule has 1 unspecified atom stereocenters. The van der Waals surface area contributed by atoms with Gasteiger partial charge < -0.3 is 4.74 Å². The maximum Gasteiger partial charge on any atom is 0.267 e. The predicted octanol–water partition coefficient (Wildman–Crippen LogP) is 4.95. The maximum atomic E-state index is 13.9. The average molecular weight is 472 g/mol. The molecule has 3 heterocycles. The number of ether oxygens (including phenoxy) is 1. The number of hydrogen-bond donors (Lipinski definition) is 0. The molecule has 4 aromatic rings. The van der Waals surface area contributed by atoms with Crippen molar-refractivity contribution < 1.29 is 9.13 Å². The molecular formula is C27H26FN5O2. The SMILES string of the molecule is Cc1cc2c(nc1-c1ccc(COc3nn(C)cc3-c3cnn(C)c(=O)c3)cc1)C(C)CC(F)=C2. The fraction of sp³-hybridized carbons (Fsp3) is 0.259. The Kier molecular flexibility index (Phi) is 5.80. The minimum Gasteiger partial charge on any atom is -0.471 e. The van der Waals surface area contributed by atoms with Crippen molar-refractivity contribution in [2.24, 2.45) is 14.1 Å². The van der Waals surface area contributed by atoms with Crippen LogP contribution in [0.3, 0.4) is 0 Å². The number of benzene rings is 1. The second-order valence-electron chi connectivity index (χ2n) is 9.04. The van der Waals surface area contributed by atoms with E-state index in [1.54, 1.807) is 31.1 Å². The summed E-state index contributed by atoms with van der Waals surface area (Å²) in [5.41, 5.74) is 6.86. The number of nitrogens with zero attached hydrogens (tertiary/aromatic N) is 5. The van der Waals surface area contributed by atoms with Crippen LogP contribution in [0.2, 0.25) is 0 Å². The van der Waals surface area contributed by atoms with Crippen molar-refractivity contribution in [1.82, 2.24) is 24.5 Å². The Morgan fingerprint density at radius 3 is 2.66 bits per heavy atom. The minimum atomic E-state index is -0.200. The molecule has 1 aliphatic rings. The summed E-state index contributed by atoms with van der Waals surface area (Å²) in [4.78, 5) is 16.9. The summed E-state index contributed by atoms with van der Waals surface area (Å²) in [5, 5.41) is 8.49. The van der Waals surface area contributed by atoms with Gasteiger partial charge in [0.1, 0.15) is 12.4 Å². The van der Waals surface area contributed by atoms with E-state index in [0.717, 1.165) is 33.6 Å². The highest BCUT2D eigenvalue weighted by Gasteiger charge is 2.21. The molecule has 35 heavy (non-hydrogen) atoms. The van der Waals surface area contributed by atoms with E-state index in [0.29, 0.717) is 30.0 Å². The summed E-state index contributed by atoms with van der Waals surface area (Å²) in [6.45, 7) is 4.33. The van der Waals surface area contributed by atoms with Gasteiger partial charge in [0, 0.05) is 49.8 Å². The summed E-state index contributed by atoms with van der Waals surface area (Å²) < 4.78 is 22.8. The van der Waals surface area contributed by atoms with Gasteiger partial charge in [-0.3, -0.25) is 14.5 Å². The predicted molar refractivity (Wildman–Crippen MR) is 133 cm³/mol. The quantitative estimate of drug-likeness (QED) is 0.412. The van der Waals surface area contributed by atoms with Crippen LogP contribution in [-0.4, -0.2) is 24.5 Å². The molecule has 0 radical (unpaired) electrons. The van der Waals surface area contributed by atoms with Gasteiger partial charge in [-0.2, -0.15) is 5.10 Å². The zero-order valence-electron chi connectivity index (χ0n) is 20.1. The molecule has 0 bridgehead atoms. The topological polar surface area (TPSA) is 74.8 Å². The molecule has 3 aromatic heterocycles. The molecule has 1 aliphatic carbocycles. The van der Waals surface area contributed by atoms with Crippen LogP contribution in [0.5, 0.6) is 5.88 Å². The van der Waals surface area contributed by atoms with Crippen LogP contribution < -0.4 is 10.3 Å². The smallest absolute Gasteiger partial charge is 0.267 e. The molecule has 0 saturated carbocycles. The lowest BCUT2D eigenvalue weighted by molar-refractivity contribution is 0.292. The van der Waals surface area contributed by atoms with Crippen molar-refractivity contribution in [3.63, 3.8) is 0 Å². The van der Waals surface area contributed by atoms with Gasteiger partial charge in [-0.25, -0.2) is 9.07 Å². The van der Waals surface area contributed by atoms with Gasteiger partial charge in [0.05, 0.1) is 23.1 Å². The van der Waals surface area contributed by atoms with Crippen molar-refractivity contribution in [2.75, 3.05) is 0 Å². The molecule has 0 saturated heterocycles. The van der Waals surface area contributed by atoms with Crippen molar-refractivity contribution in [2.45, 2.75) is 32.8 Å². The Morgan fingerprint density at radius 1 is 1.14 bits per heavy atom. The van der Waals surface area contributed by atoms with Crippen LogP contribution in [-0.2, 0) is 20.7 Å². The number of pyridine rings is 1. The summed E-state index contributed by atoms with van der Waals surface area (Å²) in [6, 6.07) is 11.6. The molecule has 0 fully saturated rings. The fourth-order valence-corrected chi connectivity index (χ4v) is 4.37. The van der Waals surface area contributed by atoms with E-state index < -0.39 is 0 Å². The number of hydrogen-bond acceptors (Lipinski definition) is 5. The second-order valence-corrected chi connectivity index (χ2v) is 9.04. The Bertz CT molecular complexity index is 1500. The molecule has 8 heteroatoms. The number of rotatable bonds is 5. The summed E-state index contributed by atoms with van der Waals surface area (Å²) >= 11 is 0. The molecule has 1 aromatic carbocycles. The van der Waals surface area contributed by atoms with E-state index in [-0.39, 0.29) is 17.3 Å². The van der Waals surface area contributed by atoms with E-state index in [1.807, 2.05) is 50.4 Å². The van der Waals surface area contributed by atoms with Gasteiger partial charge in [0.15, 0.2) is 0 Å². The number of aryl methyl sites for hydroxylation is 3. The van der Waals surface area contributed by atoms with Crippen LogP contribution >= 0.6 is 0 Å². The molecule has 0 N–H and O–H groups in total. The second kappa shape index (κ2) is 8.94. The van der Waals surface area contributed by atoms with E-state index >= 15 is 0 Å². The molecule has 0 aliphatic heterocycles. The molecule has 178 valence electrons. The van der Waals surface area contributed by atoms with Crippen LogP contribution in [0.15, 0.2) is 59.4 Å². The Labute approximate surface area is 202 Å². The highest BCUT2D eigenvalue weighted by molar-refractivity contribution is 5.69. The molecule has 7 nitrogen and oxygen atoms in total. The van der Waals surface area contributed by atoms with Crippen LogP contribution in [0.4, 0.5) is 4.39 Å². The largest absolute Gasteiger partial charge is 0.471 e. The summed E-state index contributed by atoms with van der Waals surface area (Å²) in [6.07, 6.45) is 5.41. The van der Waals surface area contributed by atoms with Gasteiger partial charge in [-0.15, -0.1) is 5.10 Å². The fourth-order valence-electron chi connectivity index (χ4n) is 4.37. The van der Waals surface area contributed by atoms with E-state index in [1.165, 1.54) is 10.7 Å². The third-order valence-corrected chi connectivity index (χ3v) is 6.23. The molecule has 0 spiro atoms. The van der Waals surface area contributed by atoms with E-state index in [4.69, 9.17) is 9.72 Å². The van der Waals surface area contributed by atoms with E-state index in [2.05, 4.69) is 10.2 Å². The number of allylic oxidation sites excluding steroid dienone is 1. The maximum absolute atomic E-state index is 13.9. The summed E-state index contributed by atoms with van der Waals surface area (Å²) in [7, 11) is 3.41. The van der Waals surface area contributed by atoms with Gasteiger partial charge in [-0.1, -0.05) is 31.2 Å². The first-order valence-electron chi connectivity index (χ1n) is 11.5. The number of halogens is 1. The lowest BCUT2D eigenvalue weighted by Crippen LogP contribution is -2.17. The Morgan fingerprint density at radius 2 is 1.91 bits per heavy atom. The van der Waals surface area contributed by atoms with Gasteiger partial charge in [0.2, 0.25) is 5.88 Å². The Hall–Kier alpha value is -4.07. The lowest BCUT2D eigenvalue weighted by Gasteiger charge is -2.20. The van der Waals surface area contributed by atoms with Crippen molar-refractivity contribution in [3.8, 4) is 28.3 Å². The monoisotopic (exact) mass is 471 g/mol. The number of fused-ring (bicyclic) bond motifs is 1. The van der Waals surface area contributed by atoms with Gasteiger partial charge in [-0.05, 0) is 35.8 Å². The first-order valence-corrected chi connectivity index (χ1v) is 11.5. The van der Waals surface area contributed by atoms with Gasteiger partial charge in [0.25, 0.3) is 5.56 Å². The Balaban J connectivity index is 1.36. The zero-order valence-corrected chi connectivity index (χ0v) is 20.1. The van der Waals surface area contributed by atoms with Gasteiger partial charge >= 0.3 is 0 Å². The first-order chi connectivity index (χ1) is 16.8. The minimum absolute atomic E-state index is 0.0506. The van der Waals surface area contributed by atoms with Crippen molar-refractivity contribution in [3.05, 3.63) is 87.4 Å². The molecule has 1 atom stereocenters. The van der Waals surface area contributed by atoms with Crippen LogP contribution in [0, 0.1) is 6.92 Å². The zero-order chi connectivity index (χ0) is 24.7. The molecular weight excluding hydrogens is 445 g/mol. The molecule has 0 amide bonds. The third-order valence-electron chi connectivity index (χ3n) is 6.23. The third kappa shape index (κ3) is 4.51. The first kappa shape index (κ1) is 22.7. The van der Waals surface area contributed by atoms with Crippen molar-refractivity contribution >= 4 is 6.08 Å². The average Bonchev–Trinajstić information content (AvgIpc) is 3.20. The standard InChI is InChI=1S/C27H26FN5O2/c1-16-9-20-11-22(28)10-17(2)26(20)30-25(16)19-7-5-18(6-8-19)15-35-27-23(14-32(3)31-27)21-12-24(34)33(4)29-13-21/h5-9,11-14,17H,10,15H2,1-4H3. The normalized spacial score (nSPS) is 15.0. The molecule has 5 rings (SSSR count). The summed E-state index contributed by atoms with van der Waals surface area (Å²) in [5.74, 6) is 0.396. The van der Waals surface area contributed by atoms with Crippen LogP contribution in [0.1, 0.15) is 41.6 Å².